The fourth-order valence-corrected chi connectivity index (χ4v) is 6.25. The van der Waals surface area contributed by atoms with Crippen LogP contribution in [0.25, 0.3) is 11.4 Å². The van der Waals surface area contributed by atoms with E-state index in [-0.39, 0.29) is 12.6 Å². The maximum absolute atomic E-state index is 6.29. The fourth-order valence-electron chi connectivity index (χ4n) is 3.43. The molecule has 0 aliphatic carbocycles. The summed E-state index contributed by atoms with van der Waals surface area (Å²) in [7, 11) is 10.6. The van der Waals surface area contributed by atoms with E-state index in [2.05, 4.69) is 10.6 Å². The average Bonchev–Trinajstić information content (AvgIpc) is 3.27. The van der Waals surface area contributed by atoms with Crippen molar-refractivity contribution in [2.45, 2.75) is 12.6 Å². The predicted molar refractivity (Wildman–Crippen MR) is 133 cm³/mol. The van der Waals surface area contributed by atoms with Gasteiger partial charge in [0, 0.05) is 25.2 Å². The normalized spacial score (nSPS) is 20.6. The summed E-state index contributed by atoms with van der Waals surface area (Å²) in [5.74, 6) is 1.63. The van der Waals surface area contributed by atoms with Crippen LogP contribution in [0, 0.1) is 0 Å². The van der Waals surface area contributed by atoms with Gasteiger partial charge in [-0.05, 0) is 70.1 Å². The Balaban J connectivity index is 1.63. The first-order valence-electron chi connectivity index (χ1n) is 10.0. The van der Waals surface area contributed by atoms with Crippen molar-refractivity contribution >= 4 is 33.0 Å². The van der Waals surface area contributed by atoms with E-state index in [4.69, 9.17) is 20.9 Å². The van der Waals surface area contributed by atoms with Crippen molar-refractivity contribution in [3.63, 3.8) is 0 Å². The molecule has 0 radical (unpaired) electrons. The van der Waals surface area contributed by atoms with E-state index in [0.29, 0.717) is 0 Å². The Hall–Kier alpha value is -2.66. The van der Waals surface area contributed by atoms with Crippen molar-refractivity contribution in [1.29, 1.82) is 0 Å². The van der Waals surface area contributed by atoms with E-state index in [0.717, 1.165) is 44.1 Å². The molecule has 8 nitrogen and oxygen atoms in total. The van der Waals surface area contributed by atoms with E-state index in [1.165, 1.54) is 0 Å². The summed E-state index contributed by atoms with van der Waals surface area (Å²) in [6.07, 6.45) is -0.598. The molecule has 0 fully saturated rings. The van der Waals surface area contributed by atoms with Crippen LogP contribution in [0.2, 0.25) is 0 Å². The number of methoxy groups -OCH3 is 2. The molecule has 2 aliphatic heterocycles. The highest BCUT2D eigenvalue weighted by atomic mass is 33.1. The third-order valence-electron chi connectivity index (χ3n) is 5.44. The minimum Gasteiger partial charge on any atom is -0.497 e. The van der Waals surface area contributed by atoms with Crippen LogP contribution in [-0.2, 0) is 0 Å². The summed E-state index contributed by atoms with van der Waals surface area (Å²) in [6, 6.07) is 15.9. The maximum atomic E-state index is 6.29. The molecule has 0 aromatic heterocycles. The summed E-state index contributed by atoms with van der Waals surface area (Å²) >= 11 is 0. The molecule has 0 amide bonds. The lowest BCUT2D eigenvalue weighted by Gasteiger charge is -2.22. The molecular weight excluding hydrogens is 444 g/mol. The van der Waals surface area contributed by atoms with Crippen LogP contribution in [-0.4, -0.2) is 50.7 Å². The number of benzene rings is 2. The molecule has 2 aliphatic rings. The Labute approximate surface area is 196 Å². The van der Waals surface area contributed by atoms with Crippen molar-refractivity contribution in [3.05, 3.63) is 69.7 Å². The number of nitrogens with two attached hydrogens (primary N) is 2. The summed E-state index contributed by atoms with van der Waals surface area (Å²) in [5, 5.41) is 8.85. The first-order valence-corrected chi connectivity index (χ1v) is 12.2. The zero-order valence-corrected chi connectivity index (χ0v) is 20.1. The first kappa shape index (κ1) is 22.5. The molecule has 10 heteroatoms. The lowest BCUT2D eigenvalue weighted by Crippen LogP contribution is -2.42. The largest absolute Gasteiger partial charge is 0.497 e. The van der Waals surface area contributed by atoms with E-state index in [1.807, 2.05) is 72.4 Å². The van der Waals surface area contributed by atoms with Crippen LogP contribution in [0.4, 0.5) is 0 Å². The maximum Gasteiger partial charge on any atom is 0.153 e. The van der Waals surface area contributed by atoms with Gasteiger partial charge in [0.1, 0.15) is 21.6 Å². The van der Waals surface area contributed by atoms with Gasteiger partial charge in [0.05, 0.1) is 25.6 Å². The van der Waals surface area contributed by atoms with Crippen LogP contribution in [0.5, 0.6) is 11.5 Å². The second-order valence-corrected chi connectivity index (χ2v) is 9.49. The van der Waals surface area contributed by atoms with Crippen LogP contribution < -0.4 is 31.6 Å². The molecule has 4 rings (SSSR count). The molecule has 2 aromatic carbocycles. The fraction of sp³-hybridized carbons (Fsp3) is 0.273. The van der Waals surface area contributed by atoms with Gasteiger partial charge in [-0.1, -0.05) is 0 Å². The molecule has 0 spiro atoms. The Morgan fingerprint density at radius 1 is 0.688 bits per heavy atom. The quantitative estimate of drug-likeness (QED) is 0.450. The van der Waals surface area contributed by atoms with Crippen LogP contribution in [0.3, 0.4) is 0 Å². The summed E-state index contributed by atoms with van der Waals surface area (Å²) in [4.78, 5) is 4.07. The van der Waals surface area contributed by atoms with Crippen LogP contribution in [0.1, 0.15) is 11.1 Å². The highest BCUT2D eigenvalue weighted by Gasteiger charge is 2.31. The summed E-state index contributed by atoms with van der Waals surface area (Å²) < 4.78 is 10.6. The number of ether oxygens (including phenoxy) is 2. The molecule has 0 saturated heterocycles. The molecule has 2 aromatic rings. The number of nitrogens with zero attached hydrogens (tertiary/aromatic N) is 2. The zero-order valence-electron chi connectivity index (χ0n) is 18.5. The standard InChI is InChI=1S/C22H28N6O2S2/c1-27-19(17(25-21(27)23)13-5-9-15(29-3)10-6-13)31-32-20-18(26-22(24)28(20)2)14-7-11-16(30-4)12-8-14/h5-12,21-22,25-26H,23-24H2,1-4H3. The molecule has 2 atom stereocenters. The highest BCUT2D eigenvalue weighted by molar-refractivity contribution is 8.79. The predicted octanol–water partition coefficient (Wildman–Crippen LogP) is 2.59. The minimum absolute atomic E-state index is 0.299. The van der Waals surface area contributed by atoms with Crippen molar-refractivity contribution in [1.82, 2.24) is 20.4 Å². The smallest absolute Gasteiger partial charge is 0.153 e. The monoisotopic (exact) mass is 472 g/mol. The van der Waals surface area contributed by atoms with E-state index in [1.54, 1.807) is 35.8 Å². The van der Waals surface area contributed by atoms with Crippen molar-refractivity contribution in [2.24, 2.45) is 11.5 Å². The molecule has 0 saturated carbocycles. The second kappa shape index (κ2) is 9.45. The highest BCUT2D eigenvalue weighted by Crippen LogP contribution is 2.47. The molecule has 2 unspecified atom stereocenters. The van der Waals surface area contributed by atoms with Gasteiger partial charge >= 0.3 is 0 Å². The van der Waals surface area contributed by atoms with E-state index in [9.17, 15) is 0 Å². The summed E-state index contributed by atoms with van der Waals surface area (Å²) in [5.41, 5.74) is 16.7. The van der Waals surface area contributed by atoms with Crippen molar-refractivity contribution < 1.29 is 9.47 Å². The van der Waals surface area contributed by atoms with Gasteiger partial charge in [0.15, 0.2) is 12.6 Å². The van der Waals surface area contributed by atoms with Gasteiger partial charge < -0.3 is 29.9 Å². The van der Waals surface area contributed by atoms with Crippen molar-refractivity contribution in [3.8, 4) is 11.5 Å². The average molecular weight is 473 g/mol. The lowest BCUT2D eigenvalue weighted by molar-refractivity contribution is 0.335. The van der Waals surface area contributed by atoms with Gasteiger partial charge in [-0.15, -0.1) is 0 Å². The first-order chi connectivity index (χ1) is 15.4. The Bertz CT molecular complexity index is 942. The summed E-state index contributed by atoms with van der Waals surface area (Å²) in [6.45, 7) is 0. The van der Waals surface area contributed by atoms with Crippen molar-refractivity contribution in [2.75, 3.05) is 28.3 Å². The van der Waals surface area contributed by atoms with Crippen LogP contribution in [0.15, 0.2) is 58.6 Å². The SMILES string of the molecule is COc1ccc(C2=C(SSC3=C(c4ccc(OC)cc4)NC(N)N3C)N(C)C(N)N2)cc1. The van der Waals surface area contributed by atoms with Gasteiger partial charge in [-0.25, -0.2) is 0 Å². The molecular formula is C22H28N6O2S2. The molecule has 170 valence electrons. The topological polar surface area (TPSA) is 101 Å². The second-order valence-electron chi connectivity index (χ2n) is 7.38. The molecule has 6 N–H and O–H groups in total. The Kier molecular flexibility index (Phi) is 6.66. The van der Waals surface area contributed by atoms with E-state index < -0.39 is 0 Å². The number of hydrogen-bond donors (Lipinski definition) is 4. The zero-order chi connectivity index (χ0) is 22.8. The lowest BCUT2D eigenvalue weighted by atomic mass is 10.1. The van der Waals surface area contributed by atoms with Gasteiger partial charge in [-0.3, -0.25) is 11.5 Å². The number of hydrogen-bond acceptors (Lipinski definition) is 10. The van der Waals surface area contributed by atoms with Crippen LogP contribution >= 0.6 is 21.6 Å². The molecule has 32 heavy (non-hydrogen) atoms. The number of nitrogens with one attached hydrogen (secondary N) is 2. The number of rotatable bonds is 7. The third-order valence-corrected chi connectivity index (χ3v) is 8.02. The third kappa shape index (κ3) is 4.31. The Morgan fingerprint density at radius 2 is 1.03 bits per heavy atom. The minimum atomic E-state index is -0.299. The Morgan fingerprint density at radius 3 is 1.34 bits per heavy atom. The van der Waals surface area contributed by atoms with E-state index >= 15 is 0 Å². The van der Waals surface area contributed by atoms with Gasteiger partial charge in [-0.2, -0.15) is 0 Å². The van der Waals surface area contributed by atoms with Gasteiger partial charge in [0.2, 0.25) is 0 Å². The molecule has 2 heterocycles. The van der Waals surface area contributed by atoms with Gasteiger partial charge in [0.25, 0.3) is 0 Å². The molecule has 0 bridgehead atoms.